The van der Waals surface area contributed by atoms with Crippen molar-refractivity contribution in [3.05, 3.63) is 39.7 Å². The highest BCUT2D eigenvalue weighted by Gasteiger charge is 2.22. The minimum Gasteiger partial charge on any atom is -0.396 e. The van der Waals surface area contributed by atoms with E-state index in [1.807, 2.05) is 0 Å². The van der Waals surface area contributed by atoms with Gasteiger partial charge in [-0.15, -0.1) is 0 Å². The number of likely N-dealkylation sites (tertiary alicyclic amines) is 1. The van der Waals surface area contributed by atoms with Crippen molar-refractivity contribution in [2.45, 2.75) is 19.4 Å². The third-order valence-electron chi connectivity index (χ3n) is 3.47. The highest BCUT2D eigenvalue weighted by Crippen LogP contribution is 2.23. The van der Waals surface area contributed by atoms with E-state index in [-0.39, 0.29) is 12.3 Å². The smallest absolute Gasteiger partial charge is 0.272 e. The van der Waals surface area contributed by atoms with Crippen LogP contribution < -0.4 is 0 Å². The van der Waals surface area contributed by atoms with Crippen LogP contribution in [-0.2, 0) is 6.54 Å². The second-order valence-electron chi connectivity index (χ2n) is 4.98. The molecule has 1 aromatic carbocycles. The summed E-state index contributed by atoms with van der Waals surface area (Å²) in [5.74, 6) is -0.108. The van der Waals surface area contributed by atoms with E-state index < -0.39 is 10.7 Å². The lowest BCUT2D eigenvalue weighted by Crippen LogP contribution is -2.20. The van der Waals surface area contributed by atoms with E-state index in [2.05, 4.69) is 4.90 Å². The van der Waals surface area contributed by atoms with Gasteiger partial charge in [0, 0.05) is 25.8 Å². The summed E-state index contributed by atoms with van der Waals surface area (Å²) >= 11 is 0. The lowest BCUT2D eigenvalue weighted by Gasteiger charge is -2.15. The maximum atomic E-state index is 13.3. The van der Waals surface area contributed by atoms with E-state index in [0.717, 1.165) is 32.0 Å². The molecule has 1 N–H and O–H groups in total. The van der Waals surface area contributed by atoms with Crippen molar-refractivity contribution < 1.29 is 14.4 Å². The molecule has 0 radical (unpaired) electrons. The molecule has 0 amide bonds. The zero-order chi connectivity index (χ0) is 13.8. The molecule has 1 aliphatic heterocycles. The van der Waals surface area contributed by atoms with Gasteiger partial charge >= 0.3 is 0 Å². The Balaban J connectivity index is 2.01. The minimum absolute atomic E-state index is 0.184. The van der Waals surface area contributed by atoms with Crippen LogP contribution >= 0.6 is 0 Å². The second-order valence-corrected chi connectivity index (χ2v) is 4.98. The van der Waals surface area contributed by atoms with E-state index in [9.17, 15) is 14.5 Å². The first-order valence-corrected chi connectivity index (χ1v) is 6.35. The molecule has 1 heterocycles. The number of non-ortho nitro benzene ring substituents is 1. The fourth-order valence-corrected chi connectivity index (χ4v) is 2.56. The van der Waals surface area contributed by atoms with Gasteiger partial charge in [0.25, 0.3) is 5.69 Å². The number of hydrogen-bond acceptors (Lipinski definition) is 4. The summed E-state index contributed by atoms with van der Waals surface area (Å²) in [7, 11) is 0. The van der Waals surface area contributed by atoms with Gasteiger partial charge in [0.15, 0.2) is 0 Å². The predicted octanol–water partition coefficient (Wildman–Crippen LogP) is 1.94. The van der Waals surface area contributed by atoms with Crippen molar-refractivity contribution >= 4 is 5.69 Å². The largest absolute Gasteiger partial charge is 0.396 e. The van der Waals surface area contributed by atoms with Crippen molar-refractivity contribution in [1.29, 1.82) is 0 Å². The lowest BCUT2D eigenvalue weighted by atomic mass is 10.1. The average molecular weight is 268 g/mol. The van der Waals surface area contributed by atoms with E-state index in [4.69, 9.17) is 5.11 Å². The molecule has 104 valence electrons. The van der Waals surface area contributed by atoms with Crippen LogP contribution in [0.2, 0.25) is 0 Å². The molecule has 1 aliphatic rings. The van der Waals surface area contributed by atoms with Gasteiger partial charge in [-0.05, 0) is 36.9 Å². The molecule has 0 spiro atoms. The Kier molecular flexibility index (Phi) is 4.44. The fourth-order valence-electron chi connectivity index (χ4n) is 2.56. The standard InChI is InChI=1S/C13H17FN2O3/c14-12-5-11(6-13(7-12)16(18)19)9-15-3-1-10(8-15)2-4-17/h5-7,10,17H,1-4,8-9H2. The Bertz CT molecular complexity index is 467. The van der Waals surface area contributed by atoms with Crippen molar-refractivity contribution in [3.8, 4) is 0 Å². The average Bonchev–Trinajstić information content (AvgIpc) is 2.76. The molecule has 1 atom stereocenters. The molecule has 1 fully saturated rings. The van der Waals surface area contributed by atoms with Crippen LogP contribution in [0.4, 0.5) is 10.1 Å². The van der Waals surface area contributed by atoms with Crippen molar-refractivity contribution in [2.24, 2.45) is 5.92 Å². The highest BCUT2D eigenvalue weighted by molar-refractivity contribution is 5.35. The maximum Gasteiger partial charge on any atom is 0.272 e. The van der Waals surface area contributed by atoms with Gasteiger partial charge in [0.2, 0.25) is 0 Å². The first kappa shape index (κ1) is 13.9. The van der Waals surface area contributed by atoms with Gasteiger partial charge in [-0.1, -0.05) is 0 Å². The summed E-state index contributed by atoms with van der Waals surface area (Å²) in [5.41, 5.74) is 0.414. The SMILES string of the molecule is O=[N+]([O-])c1cc(F)cc(CN2CCC(CCO)C2)c1. The van der Waals surface area contributed by atoms with Crippen LogP contribution in [0, 0.1) is 21.8 Å². The monoisotopic (exact) mass is 268 g/mol. The molecule has 0 saturated carbocycles. The zero-order valence-corrected chi connectivity index (χ0v) is 10.6. The third-order valence-corrected chi connectivity index (χ3v) is 3.47. The molecule has 19 heavy (non-hydrogen) atoms. The summed E-state index contributed by atoms with van der Waals surface area (Å²) in [5, 5.41) is 19.6. The van der Waals surface area contributed by atoms with E-state index in [1.165, 1.54) is 12.1 Å². The van der Waals surface area contributed by atoms with Crippen LogP contribution in [0.15, 0.2) is 18.2 Å². The van der Waals surface area contributed by atoms with Crippen LogP contribution in [0.1, 0.15) is 18.4 Å². The topological polar surface area (TPSA) is 66.6 Å². The number of hydrogen-bond donors (Lipinski definition) is 1. The van der Waals surface area contributed by atoms with Crippen molar-refractivity contribution in [3.63, 3.8) is 0 Å². The van der Waals surface area contributed by atoms with Crippen LogP contribution in [0.3, 0.4) is 0 Å². The molecular formula is C13H17FN2O3. The number of aliphatic hydroxyl groups excluding tert-OH is 1. The van der Waals surface area contributed by atoms with Gasteiger partial charge in [-0.25, -0.2) is 4.39 Å². The molecule has 0 aliphatic carbocycles. The summed E-state index contributed by atoms with van der Waals surface area (Å²) in [6.45, 7) is 2.43. The molecule has 1 aromatic rings. The summed E-state index contributed by atoms with van der Waals surface area (Å²) in [6, 6.07) is 3.69. The van der Waals surface area contributed by atoms with Gasteiger partial charge in [0.05, 0.1) is 11.0 Å². The van der Waals surface area contributed by atoms with E-state index >= 15 is 0 Å². The van der Waals surface area contributed by atoms with Crippen molar-refractivity contribution in [2.75, 3.05) is 19.7 Å². The predicted molar refractivity (Wildman–Crippen MR) is 68.1 cm³/mol. The lowest BCUT2D eigenvalue weighted by molar-refractivity contribution is -0.385. The summed E-state index contributed by atoms with van der Waals surface area (Å²) < 4.78 is 13.3. The Morgan fingerprint density at radius 3 is 2.95 bits per heavy atom. The first-order valence-electron chi connectivity index (χ1n) is 6.35. The van der Waals surface area contributed by atoms with Crippen molar-refractivity contribution in [1.82, 2.24) is 4.90 Å². The Morgan fingerprint density at radius 1 is 1.47 bits per heavy atom. The molecule has 5 nitrogen and oxygen atoms in total. The quantitative estimate of drug-likeness (QED) is 0.654. The number of halogens is 1. The maximum absolute atomic E-state index is 13.3. The number of nitrogens with zero attached hydrogens (tertiary/aromatic N) is 2. The molecule has 0 aromatic heterocycles. The molecule has 1 saturated heterocycles. The molecule has 0 bridgehead atoms. The molecular weight excluding hydrogens is 251 g/mol. The number of nitro groups is 1. The van der Waals surface area contributed by atoms with Gasteiger partial charge in [-0.2, -0.15) is 0 Å². The summed E-state index contributed by atoms with van der Waals surface area (Å²) in [4.78, 5) is 12.2. The van der Waals surface area contributed by atoms with E-state index in [1.54, 1.807) is 0 Å². The van der Waals surface area contributed by atoms with E-state index in [0.29, 0.717) is 18.0 Å². The molecule has 6 heteroatoms. The minimum atomic E-state index is -0.578. The zero-order valence-electron chi connectivity index (χ0n) is 10.6. The van der Waals surface area contributed by atoms with Gasteiger partial charge < -0.3 is 5.11 Å². The third kappa shape index (κ3) is 3.71. The first-order chi connectivity index (χ1) is 9.08. The summed E-state index contributed by atoms with van der Waals surface area (Å²) in [6.07, 6.45) is 1.79. The van der Waals surface area contributed by atoms with Crippen LogP contribution in [0.25, 0.3) is 0 Å². The number of rotatable bonds is 5. The fraction of sp³-hybridized carbons (Fsp3) is 0.538. The number of nitro benzene ring substituents is 1. The van der Waals surface area contributed by atoms with Crippen LogP contribution in [-0.4, -0.2) is 34.6 Å². The van der Waals surface area contributed by atoms with Crippen LogP contribution in [0.5, 0.6) is 0 Å². The van der Waals surface area contributed by atoms with Gasteiger partial charge in [-0.3, -0.25) is 15.0 Å². The second kappa shape index (κ2) is 6.08. The Hall–Kier alpha value is -1.53. The Labute approximate surface area is 110 Å². The highest BCUT2D eigenvalue weighted by atomic mass is 19.1. The molecule has 1 unspecified atom stereocenters. The normalized spacial score (nSPS) is 19.8. The Morgan fingerprint density at radius 2 is 2.26 bits per heavy atom. The van der Waals surface area contributed by atoms with Gasteiger partial charge in [0.1, 0.15) is 5.82 Å². The number of aliphatic hydroxyl groups is 1. The number of benzene rings is 1. The molecule has 2 rings (SSSR count).